The minimum absolute atomic E-state index is 0.264. The third kappa shape index (κ3) is 3.73. The molecule has 1 heterocycles. The lowest BCUT2D eigenvalue weighted by molar-refractivity contribution is 0.455. The molecule has 1 fully saturated rings. The van der Waals surface area contributed by atoms with E-state index in [4.69, 9.17) is 11.6 Å². The Morgan fingerprint density at radius 2 is 2.11 bits per heavy atom. The number of alkyl halides is 1. The summed E-state index contributed by atoms with van der Waals surface area (Å²) in [5, 5.41) is 8.41. The topological polar surface area (TPSA) is 29.9 Å². The average Bonchev–Trinajstić information content (AvgIpc) is 2.55. The Hall–Kier alpha value is -0.0600. The van der Waals surface area contributed by atoms with E-state index in [0.717, 1.165) is 29.6 Å². The van der Waals surface area contributed by atoms with Gasteiger partial charge < -0.3 is 5.32 Å². The Morgan fingerprint density at radius 1 is 1.37 bits per heavy atom. The number of halogens is 2. The third-order valence-electron chi connectivity index (χ3n) is 3.97. The maximum Gasteiger partial charge on any atom is 0.0767 e. The highest BCUT2D eigenvalue weighted by Gasteiger charge is 2.22. The summed E-state index contributed by atoms with van der Waals surface area (Å²) in [7, 11) is 2.01. The van der Waals surface area contributed by atoms with Gasteiger partial charge in [0, 0.05) is 25.0 Å². The van der Waals surface area contributed by atoms with E-state index in [-0.39, 0.29) is 5.38 Å². The van der Waals surface area contributed by atoms with Gasteiger partial charge in [0.15, 0.2) is 0 Å². The molecule has 2 rings (SSSR count). The summed E-state index contributed by atoms with van der Waals surface area (Å²) in [5.41, 5.74) is 2.34. The van der Waals surface area contributed by atoms with Crippen molar-refractivity contribution in [1.29, 1.82) is 0 Å². The number of hydrogen-bond acceptors (Lipinski definition) is 2. The summed E-state index contributed by atoms with van der Waals surface area (Å²) < 4.78 is 3.11. The smallest absolute Gasteiger partial charge is 0.0767 e. The number of nitrogens with one attached hydrogen (secondary N) is 1. The largest absolute Gasteiger partial charge is 0.307 e. The highest BCUT2D eigenvalue weighted by atomic mass is 79.9. The van der Waals surface area contributed by atoms with E-state index in [0.29, 0.717) is 6.04 Å². The minimum atomic E-state index is 0.264. The molecule has 0 bridgehead atoms. The van der Waals surface area contributed by atoms with Gasteiger partial charge in [-0.25, -0.2) is 0 Å². The zero-order chi connectivity index (χ0) is 13.8. The second-order valence-corrected chi connectivity index (χ2v) is 6.68. The van der Waals surface area contributed by atoms with Crippen molar-refractivity contribution in [3.63, 3.8) is 0 Å². The molecule has 3 nitrogen and oxygen atoms in total. The van der Waals surface area contributed by atoms with Gasteiger partial charge >= 0.3 is 0 Å². The first kappa shape index (κ1) is 15.3. The van der Waals surface area contributed by atoms with Gasteiger partial charge in [-0.15, -0.1) is 11.6 Å². The van der Waals surface area contributed by atoms with Crippen LogP contribution in [0.25, 0.3) is 0 Å². The van der Waals surface area contributed by atoms with Crippen molar-refractivity contribution in [2.45, 2.75) is 63.4 Å². The molecule has 1 aliphatic rings. The highest BCUT2D eigenvalue weighted by molar-refractivity contribution is 9.10. The molecule has 0 amide bonds. The Balaban J connectivity index is 1.99. The van der Waals surface area contributed by atoms with Crippen LogP contribution in [0.15, 0.2) is 4.47 Å². The Morgan fingerprint density at radius 3 is 2.79 bits per heavy atom. The molecule has 2 atom stereocenters. The van der Waals surface area contributed by atoms with Crippen LogP contribution < -0.4 is 5.32 Å². The number of aromatic nitrogens is 2. The second-order valence-electron chi connectivity index (χ2n) is 5.33. The molecule has 2 unspecified atom stereocenters. The van der Waals surface area contributed by atoms with Crippen LogP contribution in [0.1, 0.15) is 50.4 Å². The van der Waals surface area contributed by atoms with Crippen molar-refractivity contribution in [2.75, 3.05) is 0 Å². The average molecular weight is 349 g/mol. The predicted molar refractivity (Wildman–Crippen MR) is 83.6 cm³/mol. The van der Waals surface area contributed by atoms with Gasteiger partial charge in [0.05, 0.1) is 15.9 Å². The molecule has 0 radical (unpaired) electrons. The van der Waals surface area contributed by atoms with Crippen molar-refractivity contribution in [3.05, 3.63) is 15.9 Å². The second kappa shape index (κ2) is 7.09. The molecule has 19 heavy (non-hydrogen) atoms. The molecule has 1 aromatic rings. The first-order valence-electron chi connectivity index (χ1n) is 7.21. The molecule has 0 aromatic carbocycles. The SMILES string of the molecule is CCc1nn(C)c(CNC2CCCCCC2Cl)c1Br. The first-order chi connectivity index (χ1) is 9.13. The van der Waals surface area contributed by atoms with Crippen LogP contribution in [0.2, 0.25) is 0 Å². The fraction of sp³-hybridized carbons (Fsp3) is 0.786. The predicted octanol–water partition coefficient (Wildman–Crippen LogP) is 3.77. The van der Waals surface area contributed by atoms with Gasteiger partial charge in [0.25, 0.3) is 0 Å². The summed E-state index contributed by atoms with van der Waals surface area (Å²) in [6.07, 6.45) is 7.14. The van der Waals surface area contributed by atoms with Gasteiger partial charge in [-0.2, -0.15) is 5.10 Å². The number of hydrogen-bond donors (Lipinski definition) is 1. The van der Waals surface area contributed by atoms with Crippen LogP contribution in [0, 0.1) is 0 Å². The van der Waals surface area contributed by atoms with E-state index in [1.807, 2.05) is 11.7 Å². The molecule has 1 N–H and O–H groups in total. The maximum absolute atomic E-state index is 6.47. The molecule has 108 valence electrons. The molecule has 0 saturated heterocycles. The van der Waals surface area contributed by atoms with Gasteiger partial charge in [-0.3, -0.25) is 4.68 Å². The van der Waals surface area contributed by atoms with Crippen molar-refractivity contribution in [2.24, 2.45) is 7.05 Å². The molecule has 1 aromatic heterocycles. The molecule has 0 aliphatic heterocycles. The monoisotopic (exact) mass is 347 g/mol. The van der Waals surface area contributed by atoms with Gasteiger partial charge in [-0.05, 0) is 35.2 Å². The third-order valence-corrected chi connectivity index (χ3v) is 5.40. The van der Waals surface area contributed by atoms with Gasteiger partial charge in [0.1, 0.15) is 0 Å². The van der Waals surface area contributed by atoms with Crippen LogP contribution >= 0.6 is 27.5 Å². The van der Waals surface area contributed by atoms with E-state index in [9.17, 15) is 0 Å². The van der Waals surface area contributed by atoms with Crippen molar-refractivity contribution in [3.8, 4) is 0 Å². The first-order valence-corrected chi connectivity index (χ1v) is 8.44. The van der Waals surface area contributed by atoms with E-state index in [2.05, 4.69) is 33.3 Å². The van der Waals surface area contributed by atoms with Crippen LogP contribution in [0.5, 0.6) is 0 Å². The fourth-order valence-corrected chi connectivity index (χ4v) is 3.86. The minimum Gasteiger partial charge on any atom is -0.307 e. The Kier molecular flexibility index (Phi) is 5.72. The molecule has 5 heteroatoms. The number of nitrogens with zero attached hydrogens (tertiary/aromatic N) is 2. The van der Waals surface area contributed by atoms with Crippen molar-refractivity contribution >= 4 is 27.5 Å². The van der Waals surface area contributed by atoms with E-state index in [1.165, 1.54) is 31.4 Å². The number of aryl methyl sites for hydroxylation is 2. The van der Waals surface area contributed by atoms with Crippen molar-refractivity contribution in [1.82, 2.24) is 15.1 Å². The molecule has 0 spiro atoms. The lowest BCUT2D eigenvalue weighted by atomic mass is 10.1. The number of rotatable bonds is 4. The summed E-state index contributed by atoms with van der Waals surface area (Å²) in [6, 6.07) is 0.427. The normalized spacial score (nSPS) is 24.4. The fourth-order valence-electron chi connectivity index (χ4n) is 2.73. The zero-order valence-electron chi connectivity index (χ0n) is 11.8. The van der Waals surface area contributed by atoms with Crippen LogP contribution in [-0.2, 0) is 20.0 Å². The van der Waals surface area contributed by atoms with E-state index >= 15 is 0 Å². The van der Waals surface area contributed by atoms with E-state index < -0.39 is 0 Å². The van der Waals surface area contributed by atoms with Crippen LogP contribution in [-0.4, -0.2) is 21.2 Å². The molecular formula is C14H23BrClN3. The van der Waals surface area contributed by atoms with Gasteiger partial charge in [0.2, 0.25) is 0 Å². The zero-order valence-corrected chi connectivity index (χ0v) is 14.1. The molecule has 1 saturated carbocycles. The van der Waals surface area contributed by atoms with Crippen LogP contribution in [0.3, 0.4) is 0 Å². The summed E-state index contributed by atoms with van der Waals surface area (Å²) in [4.78, 5) is 0. The maximum atomic E-state index is 6.47. The highest BCUT2D eigenvalue weighted by Crippen LogP contribution is 2.25. The molecular weight excluding hydrogens is 326 g/mol. The summed E-state index contributed by atoms with van der Waals surface area (Å²) >= 11 is 10.1. The standard InChI is InChI=1S/C14H23BrClN3/c1-3-11-14(15)13(19(2)18-11)9-17-12-8-6-4-5-7-10(12)16/h10,12,17H,3-9H2,1-2H3. The van der Waals surface area contributed by atoms with Gasteiger partial charge in [-0.1, -0.05) is 26.2 Å². The quantitative estimate of drug-likeness (QED) is 0.663. The van der Waals surface area contributed by atoms with Crippen molar-refractivity contribution < 1.29 is 0 Å². The van der Waals surface area contributed by atoms with Crippen LogP contribution in [0.4, 0.5) is 0 Å². The lowest BCUT2D eigenvalue weighted by Crippen LogP contribution is -2.36. The molecule has 1 aliphatic carbocycles. The van der Waals surface area contributed by atoms with E-state index in [1.54, 1.807) is 0 Å². The Bertz CT molecular complexity index is 419. The lowest BCUT2D eigenvalue weighted by Gasteiger charge is -2.21. The summed E-state index contributed by atoms with van der Waals surface area (Å²) in [6.45, 7) is 2.96. The summed E-state index contributed by atoms with van der Waals surface area (Å²) in [5.74, 6) is 0. The Labute approximate surface area is 129 Å².